The molecule has 0 unspecified atom stereocenters. The molecular formula is C20H18FN3O4S. The van der Waals surface area contributed by atoms with Crippen molar-refractivity contribution in [2.24, 2.45) is 5.10 Å². The van der Waals surface area contributed by atoms with Gasteiger partial charge in [-0.1, -0.05) is 12.1 Å². The number of carbonyl (C=O) groups excluding carboxylic acids is 1. The van der Waals surface area contributed by atoms with Gasteiger partial charge in [-0.2, -0.15) is 18.4 Å². The summed E-state index contributed by atoms with van der Waals surface area (Å²) in [6, 6.07) is 14.4. The van der Waals surface area contributed by atoms with E-state index in [2.05, 4.69) is 15.2 Å². The van der Waals surface area contributed by atoms with Crippen LogP contribution in [0.1, 0.15) is 28.8 Å². The number of nitrogens with one attached hydrogen (secondary N) is 2. The van der Waals surface area contributed by atoms with Gasteiger partial charge >= 0.3 is 0 Å². The van der Waals surface area contributed by atoms with Crippen LogP contribution in [0.3, 0.4) is 0 Å². The molecule has 0 aliphatic rings. The first-order valence-corrected chi connectivity index (χ1v) is 10.0. The molecule has 0 atom stereocenters. The molecule has 0 spiro atoms. The lowest BCUT2D eigenvalue weighted by Crippen LogP contribution is -2.20. The zero-order valence-electron chi connectivity index (χ0n) is 15.6. The van der Waals surface area contributed by atoms with Crippen molar-refractivity contribution in [3.63, 3.8) is 0 Å². The summed E-state index contributed by atoms with van der Waals surface area (Å²) in [6.07, 6.45) is 0. The van der Waals surface area contributed by atoms with Crippen molar-refractivity contribution in [1.82, 2.24) is 4.83 Å². The SMILES string of the molecule is C/C(=N\NS(=O)(=O)c1ccc(F)cc1)c1ccc(NC(=O)c2ccc(C)o2)cc1. The van der Waals surface area contributed by atoms with Crippen LogP contribution in [0, 0.1) is 12.7 Å². The normalized spacial score (nSPS) is 11.9. The van der Waals surface area contributed by atoms with E-state index < -0.39 is 15.8 Å². The Kier molecular flexibility index (Phi) is 5.79. The Morgan fingerprint density at radius 3 is 2.24 bits per heavy atom. The number of carbonyl (C=O) groups is 1. The number of nitrogens with zero attached hydrogens (tertiary/aromatic N) is 1. The average Bonchev–Trinajstić information content (AvgIpc) is 3.14. The van der Waals surface area contributed by atoms with Crippen molar-refractivity contribution < 1.29 is 22.0 Å². The van der Waals surface area contributed by atoms with Crippen molar-refractivity contribution >= 4 is 27.3 Å². The number of anilines is 1. The highest BCUT2D eigenvalue weighted by Gasteiger charge is 2.13. The molecule has 0 aliphatic heterocycles. The number of benzene rings is 2. The van der Waals surface area contributed by atoms with E-state index in [9.17, 15) is 17.6 Å². The number of sulfonamides is 1. The lowest BCUT2D eigenvalue weighted by atomic mass is 10.1. The van der Waals surface area contributed by atoms with Gasteiger partial charge in [-0.05, 0) is 67.9 Å². The van der Waals surface area contributed by atoms with Crippen LogP contribution in [0.15, 0.2) is 75.1 Å². The second-order valence-electron chi connectivity index (χ2n) is 6.19. The first-order valence-electron chi connectivity index (χ1n) is 8.54. The van der Waals surface area contributed by atoms with Crippen molar-refractivity contribution in [2.75, 3.05) is 5.32 Å². The zero-order chi connectivity index (χ0) is 21.0. The number of hydrogen-bond donors (Lipinski definition) is 2. The first-order chi connectivity index (χ1) is 13.7. The van der Waals surface area contributed by atoms with Gasteiger partial charge in [0, 0.05) is 5.69 Å². The molecule has 1 aromatic heterocycles. The average molecular weight is 415 g/mol. The van der Waals surface area contributed by atoms with Gasteiger partial charge in [-0.3, -0.25) is 4.79 Å². The van der Waals surface area contributed by atoms with E-state index in [4.69, 9.17) is 4.42 Å². The summed E-state index contributed by atoms with van der Waals surface area (Å²) in [4.78, 5) is 14.1. The van der Waals surface area contributed by atoms with Crippen LogP contribution < -0.4 is 10.1 Å². The summed E-state index contributed by atoms with van der Waals surface area (Å²) in [5.41, 5.74) is 1.61. The molecule has 0 saturated heterocycles. The fourth-order valence-corrected chi connectivity index (χ4v) is 3.26. The maximum Gasteiger partial charge on any atom is 0.291 e. The monoisotopic (exact) mass is 415 g/mol. The smallest absolute Gasteiger partial charge is 0.291 e. The van der Waals surface area contributed by atoms with E-state index in [-0.39, 0.29) is 16.6 Å². The van der Waals surface area contributed by atoms with E-state index in [1.54, 1.807) is 50.2 Å². The third-order valence-electron chi connectivity index (χ3n) is 3.98. The topological polar surface area (TPSA) is 101 Å². The van der Waals surface area contributed by atoms with Crippen LogP contribution in [0.4, 0.5) is 10.1 Å². The third-order valence-corrected chi connectivity index (χ3v) is 5.21. The number of hydrazone groups is 1. The molecule has 1 heterocycles. The van der Waals surface area contributed by atoms with Gasteiger partial charge in [0.15, 0.2) is 5.76 Å². The summed E-state index contributed by atoms with van der Waals surface area (Å²) in [5, 5.41) is 6.59. The first kappa shape index (κ1) is 20.3. The summed E-state index contributed by atoms with van der Waals surface area (Å²) in [6.45, 7) is 3.38. The highest BCUT2D eigenvalue weighted by atomic mass is 32.2. The molecule has 0 fully saturated rings. The molecule has 3 aromatic rings. The molecule has 9 heteroatoms. The van der Waals surface area contributed by atoms with Crippen LogP contribution in [0.2, 0.25) is 0 Å². The molecule has 2 N–H and O–H groups in total. The fourth-order valence-electron chi connectivity index (χ4n) is 2.40. The maximum atomic E-state index is 12.9. The number of amides is 1. The van der Waals surface area contributed by atoms with Crippen molar-refractivity contribution in [3.8, 4) is 0 Å². The van der Waals surface area contributed by atoms with Crippen LogP contribution in [0.25, 0.3) is 0 Å². The van der Waals surface area contributed by atoms with Gasteiger partial charge in [0.25, 0.3) is 15.9 Å². The van der Waals surface area contributed by atoms with Crippen LogP contribution in [-0.4, -0.2) is 20.0 Å². The summed E-state index contributed by atoms with van der Waals surface area (Å²) in [5.74, 6) is -0.0544. The van der Waals surface area contributed by atoms with Crippen molar-refractivity contribution in [3.05, 3.63) is 83.6 Å². The summed E-state index contributed by atoms with van der Waals surface area (Å²) < 4.78 is 42.6. The predicted octanol–water partition coefficient (Wildman–Crippen LogP) is 3.68. The van der Waals surface area contributed by atoms with Gasteiger partial charge in [-0.15, -0.1) is 0 Å². The Labute approximate surface area is 167 Å². The Morgan fingerprint density at radius 2 is 1.66 bits per heavy atom. The minimum absolute atomic E-state index is 0.0957. The summed E-state index contributed by atoms with van der Waals surface area (Å²) in [7, 11) is -3.90. The third kappa shape index (κ3) is 5.08. The molecule has 0 saturated carbocycles. The van der Waals surface area contributed by atoms with Gasteiger partial charge in [0.2, 0.25) is 0 Å². The van der Waals surface area contributed by atoms with Gasteiger partial charge in [-0.25, -0.2) is 4.39 Å². The fraction of sp³-hybridized carbons (Fsp3) is 0.100. The molecule has 0 radical (unpaired) electrons. The number of halogens is 1. The summed E-state index contributed by atoms with van der Waals surface area (Å²) >= 11 is 0. The molecule has 2 aromatic carbocycles. The second-order valence-corrected chi connectivity index (χ2v) is 7.85. The Balaban J connectivity index is 1.67. The standard InChI is InChI=1S/C20H18FN3O4S/c1-13-3-12-19(28-13)20(25)22-17-8-4-15(5-9-17)14(2)23-24-29(26,27)18-10-6-16(21)7-11-18/h3-12,24H,1-2H3,(H,22,25)/b23-14+. The largest absolute Gasteiger partial charge is 0.456 e. The van der Waals surface area contributed by atoms with E-state index in [0.717, 1.165) is 24.3 Å². The quantitative estimate of drug-likeness (QED) is 0.474. The highest BCUT2D eigenvalue weighted by molar-refractivity contribution is 7.89. The Morgan fingerprint density at radius 1 is 1.00 bits per heavy atom. The molecule has 7 nitrogen and oxygen atoms in total. The molecule has 3 rings (SSSR count). The van der Waals surface area contributed by atoms with Gasteiger partial charge in [0.05, 0.1) is 10.6 Å². The zero-order valence-corrected chi connectivity index (χ0v) is 16.5. The Bertz CT molecular complexity index is 1150. The van der Waals surface area contributed by atoms with Crippen molar-refractivity contribution in [2.45, 2.75) is 18.7 Å². The van der Waals surface area contributed by atoms with E-state index >= 15 is 0 Å². The number of furan rings is 1. The van der Waals surface area contributed by atoms with Gasteiger partial charge in [0.1, 0.15) is 11.6 Å². The minimum atomic E-state index is -3.90. The van der Waals surface area contributed by atoms with Gasteiger partial charge < -0.3 is 9.73 Å². The van der Waals surface area contributed by atoms with E-state index in [1.807, 2.05) is 0 Å². The molecule has 29 heavy (non-hydrogen) atoms. The second kappa shape index (κ2) is 8.27. The Hall–Kier alpha value is -3.46. The molecular weight excluding hydrogens is 397 g/mol. The molecule has 0 bridgehead atoms. The number of aryl methyl sites for hydroxylation is 1. The van der Waals surface area contributed by atoms with Crippen LogP contribution in [-0.2, 0) is 10.0 Å². The predicted molar refractivity (Wildman–Crippen MR) is 107 cm³/mol. The molecule has 1 amide bonds. The number of rotatable bonds is 6. The minimum Gasteiger partial charge on any atom is -0.456 e. The maximum absolute atomic E-state index is 12.9. The van der Waals surface area contributed by atoms with Crippen molar-refractivity contribution in [1.29, 1.82) is 0 Å². The lowest BCUT2D eigenvalue weighted by Gasteiger charge is -2.07. The molecule has 150 valence electrons. The highest BCUT2D eigenvalue weighted by Crippen LogP contribution is 2.14. The molecule has 0 aliphatic carbocycles. The lowest BCUT2D eigenvalue weighted by molar-refractivity contribution is 0.0995. The van der Waals surface area contributed by atoms with Crippen LogP contribution >= 0.6 is 0 Å². The van der Waals surface area contributed by atoms with Crippen LogP contribution in [0.5, 0.6) is 0 Å². The van der Waals surface area contributed by atoms with E-state index in [0.29, 0.717) is 22.7 Å². The van der Waals surface area contributed by atoms with E-state index in [1.165, 1.54) is 0 Å². The number of hydrogen-bond acceptors (Lipinski definition) is 5.